The van der Waals surface area contributed by atoms with E-state index in [-0.39, 0.29) is 0 Å². The summed E-state index contributed by atoms with van der Waals surface area (Å²) in [6.45, 7) is 6.80. The Morgan fingerprint density at radius 2 is 1.08 bits per heavy atom. The number of rotatable bonds is 7. The number of aromatic nitrogens is 1. The largest absolute Gasteiger partial charge is 0.310 e. The number of hydrogen-bond acceptors (Lipinski definition) is 2. The highest BCUT2D eigenvalue weighted by atomic mass is 15.1. The van der Waals surface area contributed by atoms with Gasteiger partial charge in [0, 0.05) is 23.8 Å². The maximum atomic E-state index is 4.69. The molecule has 2 heteroatoms. The van der Waals surface area contributed by atoms with Gasteiger partial charge in [0.25, 0.3) is 0 Å². The van der Waals surface area contributed by atoms with E-state index < -0.39 is 0 Å². The van der Waals surface area contributed by atoms with E-state index in [0.29, 0.717) is 0 Å². The number of benzene rings is 6. The van der Waals surface area contributed by atoms with Gasteiger partial charge in [0.1, 0.15) is 0 Å². The third-order valence-electron chi connectivity index (χ3n) is 9.90. The summed E-state index contributed by atoms with van der Waals surface area (Å²) in [4.78, 5) is 6.62. The molecule has 0 fully saturated rings. The number of hydrogen-bond donors (Lipinski definition) is 0. The van der Waals surface area contributed by atoms with E-state index in [4.69, 9.17) is 6.58 Å². The van der Waals surface area contributed by atoms with E-state index in [1.54, 1.807) is 0 Å². The lowest BCUT2D eigenvalue weighted by Crippen LogP contribution is -2.30. The molecule has 1 aliphatic carbocycles. The summed E-state index contributed by atoms with van der Waals surface area (Å²) in [6, 6.07) is 60.4. The van der Waals surface area contributed by atoms with Crippen LogP contribution in [0.15, 0.2) is 213 Å². The van der Waals surface area contributed by atoms with Crippen LogP contribution in [-0.4, -0.2) is 4.98 Å². The molecule has 254 valence electrons. The molecule has 0 spiro atoms. The van der Waals surface area contributed by atoms with Gasteiger partial charge in [0.05, 0.1) is 5.69 Å². The first-order valence-electron chi connectivity index (χ1n) is 18.1. The molecule has 1 aromatic heterocycles. The standard InChI is InChI=1S/C51H40N2/c1-37-35-44(19-14-24-47(42-15-6-3-7-16-42)48-22-12-13-23-49(48)51(37)43-17-8-4-9-18-43)41-27-25-39(26-28-41)40-29-31-46(32-30-40)53(45-20-10-5-11-21-45)50-33-34-52-36-38(50)2/h3-23,25-36H,1,24H2,2H3/b19-14-,44-35+,48-47+,51-49+. The summed E-state index contributed by atoms with van der Waals surface area (Å²) in [5.74, 6) is 0. The first-order valence-corrected chi connectivity index (χ1v) is 18.1. The van der Waals surface area contributed by atoms with Gasteiger partial charge in [-0.1, -0.05) is 158 Å². The zero-order valence-electron chi connectivity index (χ0n) is 29.9. The molecular formula is C51H40N2. The molecule has 0 radical (unpaired) electrons. The molecule has 53 heavy (non-hydrogen) atoms. The van der Waals surface area contributed by atoms with Crippen LogP contribution in [0.25, 0.3) is 27.8 Å². The molecule has 7 aromatic rings. The maximum Gasteiger partial charge on any atom is 0.0521 e. The Labute approximate surface area is 312 Å². The average Bonchev–Trinajstić information content (AvgIpc) is 3.22. The highest BCUT2D eigenvalue weighted by molar-refractivity contribution is 5.88. The molecule has 0 saturated heterocycles. The normalized spacial score (nSPS) is 16.5. The molecular weight excluding hydrogens is 641 g/mol. The Morgan fingerprint density at radius 3 is 1.74 bits per heavy atom. The van der Waals surface area contributed by atoms with E-state index in [9.17, 15) is 0 Å². The van der Waals surface area contributed by atoms with Crippen LogP contribution >= 0.6 is 0 Å². The minimum atomic E-state index is 0.802. The zero-order chi connectivity index (χ0) is 36.0. The molecule has 1 heterocycles. The number of nitrogens with zero attached hydrogens (tertiary/aromatic N) is 2. The van der Waals surface area contributed by atoms with Gasteiger partial charge in [-0.2, -0.15) is 0 Å². The summed E-state index contributed by atoms with van der Waals surface area (Å²) >= 11 is 0. The van der Waals surface area contributed by atoms with E-state index in [1.807, 2.05) is 12.4 Å². The van der Waals surface area contributed by atoms with Crippen molar-refractivity contribution in [2.75, 3.05) is 4.90 Å². The quantitative estimate of drug-likeness (QED) is 0.167. The molecule has 0 amide bonds. The van der Waals surface area contributed by atoms with Crippen molar-refractivity contribution in [3.05, 3.63) is 245 Å². The molecule has 0 N–H and O–H groups in total. The predicted octanol–water partition coefficient (Wildman–Crippen LogP) is 11.5. The van der Waals surface area contributed by atoms with Crippen LogP contribution in [0.2, 0.25) is 0 Å². The minimum absolute atomic E-state index is 0.802. The molecule has 6 aromatic carbocycles. The Hall–Kier alpha value is -6.77. The Kier molecular flexibility index (Phi) is 9.59. The number of allylic oxidation sites excluding steroid dienone is 5. The fraction of sp³-hybridized carbons (Fsp3) is 0.0392. The van der Waals surface area contributed by atoms with Gasteiger partial charge >= 0.3 is 0 Å². The second kappa shape index (κ2) is 15.2. The Bertz CT molecular complexity index is 2560. The van der Waals surface area contributed by atoms with Crippen LogP contribution < -0.4 is 15.3 Å². The van der Waals surface area contributed by atoms with Gasteiger partial charge in [0.2, 0.25) is 0 Å². The molecule has 1 aliphatic rings. The molecule has 8 rings (SSSR count). The lowest BCUT2D eigenvalue weighted by molar-refractivity contribution is 1.20. The molecule has 0 unspecified atom stereocenters. The lowest BCUT2D eigenvalue weighted by atomic mass is 9.89. The smallest absolute Gasteiger partial charge is 0.0521 e. The van der Waals surface area contributed by atoms with E-state index in [0.717, 1.165) is 62.5 Å². The third kappa shape index (κ3) is 7.08. The number of aryl methyl sites for hydroxylation is 1. The average molecular weight is 681 g/mol. The molecule has 2 nitrogen and oxygen atoms in total. The van der Waals surface area contributed by atoms with Crippen LogP contribution in [0.3, 0.4) is 0 Å². The van der Waals surface area contributed by atoms with Crippen LogP contribution in [0, 0.1) is 6.92 Å². The molecule has 0 bridgehead atoms. The number of fused-ring (bicyclic) bond motifs is 1. The van der Waals surface area contributed by atoms with Gasteiger partial charge in [-0.25, -0.2) is 0 Å². The van der Waals surface area contributed by atoms with Gasteiger partial charge in [0.15, 0.2) is 0 Å². The first kappa shape index (κ1) is 33.4. The van der Waals surface area contributed by atoms with Crippen molar-refractivity contribution in [2.45, 2.75) is 13.3 Å². The highest BCUT2D eigenvalue weighted by Gasteiger charge is 2.15. The summed E-state index contributed by atoms with van der Waals surface area (Å²) in [5, 5.41) is 2.43. The fourth-order valence-corrected chi connectivity index (χ4v) is 7.28. The van der Waals surface area contributed by atoms with Crippen LogP contribution in [0.4, 0.5) is 17.1 Å². The highest BCUT2D eigenvalue weighted by Crippen LogP contribution is 2.37. The van der Waals surface area contributed by atoms with Gasteiger partial charge in [-0.05, 0) is 116 Å². The summed E-state index contributed by atoms with van der Waals surface area (Å²) in [7, 11) is 0. The van der Waals surface area contributed by atoms with Crippen LogP contribution in [0.5, 0.6) is 0 Å². The van der Waals surface area contributed by atoms with Gasteiger partial charge < -0.3 is 4.90 Å². The van der Waals surface area contributed by atoms with Crippen molar-refractivity contribution < 1.29 is 0 Å². The SMILES string of the molecule is C=C1/C=C(c2ccc(-c3ccc(N(c4ccccc4)c4ccncc4C)cc3)cc2)\C=C/C/C(c2ccccc2)=c2/cccc/c2=C/1c1ccccc1. The van der Waals surface area contributed by atoms with Gasteiger partial charge in [-0.3, -0.25) is 4.98 Å². The maximum absolute atomic E-state index is 4.69. The third-order valence-corrected chi connectivity index (χ3v) is 9.90. The Balaban J connectivity index is 1.16. The number of para-hydroxylation sites is 1. The van der Waals surface area contributed by atoms with Crippen molar-refractivity contribution in [2.24, 2.45) is 0 Å². The monoisotopic (exact) mass is 680 g/mol. The molecule has 0 aliphatic heterocycles. The van der Waals surface area contributed by atoms with E-state index in [2.05, 4.69) is 205 Å². The molecule has 0 atom stereocenters. The van der Waals surface area contributed by atoms with Crippen molar-refractivity contribution in [1.82, 2.24) is 4.98 Å². The van der Waals surface area contributed by atoms with E-state index in [1.165, 1.54) is 27.1 Å². The second-order valence-electron chi connectivity index (χ2n) is 13.3. The zero-order valence-corrected chi connectivity index (χ0v) is 29.9. The van der Waals surface area contributed by atoms with Crippen molar-refractivity contribution in [3.8, 4) is 11.1 Å². The fourth-order valence-electron chi connectivity index (χ4n) is 7.28. The number of pyridine rings is 1. The summed E-state index contributed by atoms with van der Waals surface area (Å²) < 4.78 is 0. The number of anilines is 3. The first-order chi connectivity index (χ1) is 26.1. The van der Waals surface area contributed by atoms with Crippen LogP contribution in [0.1, 0.15) is 28.7 Å². The molecule has 0 saturated carbocycles. The van der Waals surface area contributed by atoms with Crippen molar-refractivity contribution in [1.29, 1.82) is 0 Å². The summed E-state index contributed by atoms with van der Waals surface area (Å²) in [5.41, 5.74) is 14.8. The minimum Gasteiger partial charge on any atom is -0.310 e. The van der Waals surface area contributed by atoms with Crippen molar-refractivity contribution >= 4 is 33.8 Å². The topological polar surface area (TPSA) is 16.1 Å². The van der Waals surface area contributed by atoms with Crippen molar-refractivity contribution in [3.63, 3.8) is 0 Å². The predicted molar refractivity (Wildman–Crippen MR) is 224 cm³/mol. The Morgan fingerprint density at radius 1 is 0.528 bits per heavy atom. The van der Waals surface area contributed by atoms with Crippen LogP contribution in [-0.2, 0) is 0 Å². The second-order valence-corrected chi connectivity index (χ2v) is 13.3. The van der Waals surface area contributed by atoms with E-state index >= 15 is 0 Å². The lowest BCUT2D eigenvalue weighted by Gasteiger charge is -2.26. The summed E-state index contributed by atoms with van der Waals surface area (Å²) in [6.07, 6.45) is 11.4. The van der Waals surface area contributed by atoms with Gasteiger partial charge in [-0.15, -0.1) is 0 Å².